The Kier molecular flexibility index (Phi) is 14.1. The van der Waals surface area contributed by atoms with Gasteiger partial charge in [0.05, 0.1) is 5.60 Å². The van der Waals surface area contributed by atoms with E-state index in [0.29, 0.717) is 6.61 Å². The molecule has 35 heavy (non-hydrogen) atoms. The zero-order valence-electron chi connectivity index (χ0n) is 23.0. The van der Waals surface area contributed by atoms with E-state index in [1.807, 2.05) is 18.2 Å². The molecule has 0 amide bonds. The van der Waals surface area contributed by atoms with Crippen LogP contribution in [-0.4, -0.2) is 34.7 Å². The molecule has 0 aliphatic rings. The smallest absolute Gasteiger partial charge is 0.119 e. The molecule has 0 saturated heterocycles. The van der Waals surface area contributed by atoms with E-state index in [1.54, 1.807) is 0 Å². The molecule has 1 atom stereocenters. The minimum absolute atomic E-state index is 0.148. The Morgan fingerprint density at radius 2 is 1.26 bits per heavy atom. The summed E-state index contributed by atoms with van der Waals surface area (Å²) in [7, 11) is 0. The van der Waals surface area contributed by atoms with Crippen LogP contribution in [0.25, 0.3) is 0 Å². The summed E-state index contributed by atoms with van der Waals surface area (Å²) in [5, 5.41) is 12.2. The molecular formula is C32H51NO2. The topological polar surface area (TPSA) is 32.7 Å². The van der Waals surface area contributed by atoms with Gasteiger partial charge < -0.3 is 9.84 Å². The highest BCUT2D eigenvalue weighted by Gasteiger charge is 2.39. The van der Waals surface area contributed by atoms with E-state index < -0.39 is 5.60 Å². The molecule has 0 aliphatic carbocycles. The summed E-state index contributed by atoms with van der Waals surface area (Å²) in [5.74, 6) is 0.898. The first-order chi connectivity index (χ1) is 17.1. The number of benzene rings is 2. The van der Waals surface area contributed by atoms with Crippen molar-refractivity contribution >= 4 is 0 Å². The van der Waals surface area contributed by atoms with Crippen molar-refractivity contribution in [3.63, 3.8) is 0 Å². The Labute approximate surface area is 215 Å². The Morgan fingerprint density at radius 3 is 1.77 bits per heavy atom. The zero-order chi connectivity index (χ0) is 25.4. The maximum atomic E-state index is 12.2. The second-order valence-corrected chi connectivity index (χ2v) is 10.2. The van der Waals surface area contributed by atoms with Gasteiger partial charge in [-0.3, -0.25) is 4.90 Å². The van der Waals surface area contributed by atoms with Crippen molar-refractivity contribution in [2.24, 2.45) is 0 Å². The van der Waals surface area contributed by atoms with Crippen LogP contribution >= 0.6 is 0 Å². The molecule has 0 heterocycles. The van der Waals surface area contributed by atoms with Gasteiger partial charge in [-0.1, -0.05) is 109 Å². The molecule has 2 rings (SSSR count). The highest BCUT2D eigenvalue weighted by atomic mass is 16.5. The Hall–Kier alpha value is -1.84. The number of hydrogen-bond acceptors (Lipinski definition) is 3. The second-order valence-electron chi connectivity index (χ2n) is 10.2. The largest absolute Gasteiger partial charge is 0.489 e. The highest BCUT2D eigenvalue weighted by molar-refractivity contribution is 5.29. The number of hydrogen-bond donors (Lipinski definition) is 1. The molecule has 196 valence electrons. The molecule has 0 aromatic heterocycles. The Morgan fingerprint density at radius 1 is 0.714 bits per heavy atom. The summed E-state index contributed by atoms with van der Waals surface area (Å²) in [6.45, 7) is 11.7. The van der Waals surface area contributed by atoms with Crippen molar-refractivity contribution in [1.82, 2.24) is 4.90 Å². The lowest BCUT2D eigenvalue weighted by atomic mass is 9.80. The molecule has 0 radical (unpaired) electrons. The molecule has 3 nitrogen and oxygen atoms in total. The first kappa shape index (κ1) is 29.4. The fraction of sp³-hybridized carbons (Fsp3) is 0.625. The number of ether oxygens (including phenoxy) is 1. The molecule has 0 fully saturated rings. The van der Waals surface area contributed by atoms with Gasteiger partial charge in [-0.15, -0.1) is 0 Å². The van der Waals surface area contributed by atoms with Crippen LogP contribution in [0.1, 0.15) is 103 Å². The molecule has 1 N–H and O–H groups in total. The summed E-state index contributed by atoms with van der Waals surface area (Å²) in [5.41, 5.74) is 1.82. The van der Waals surface area contributed by atoms with Crippen molar-refractivity contribution < 1.29 is 9.84 Å². The number of nitrogens with zero attached hydrogens (tertiary/aromatic N) is 1. The van der Waals surface area contributed by atoms with Gasteiger partial charge in [0.25, 0.3) is 0 Å². The lowest BCUT2D eigenvalue weighted by molar-refractivity contribution is -0.0637. The van der Waals surface area contributed by atoms with Crippen LogP contribution < -0.4 is 4.74 Å². The van der Waals surface area contributed by atoms with E-state index in [4.69, 9.17) is 4.74 Å². The van der Waals surface area contributed by atoms with Gasteiger partial charge in [0.1, 0.15) is 12.4 Å². The fourth-order valence-electron chi connectivity index (χ4n) is 4.91. The van der Waals surface area contributed by atoms with Gasteiger partial charge in [-0.2, -0.15) is 0 Å². The van der Waals surface area contributed by atoms with Crippen LogP contribution in [0.3, 0.4) is 0 Å². The van der Waals surface area contributed by atoms with Crippen molar-refractivity contribution in [2.75, 3.05) is 13.1 Å². The third-order valence-electron chi connectivity index (χ3n) is 7.19. The van der Waals surface area contributed by atoms with Gasteiger partial charge >= 0.3 is 0 Å². The van der Waals surface area contributed by atoms with Crippen LogP contribution in [0.5, 0.6) is 5.75 Å². The zero-order valence-corrected chi connectivity index (χ0v) is 23.0. The van der Waals surface area contributed by atoms with Gasteiger partial charge in [0.2, 0.25) is 0 Å². The summed E-state index contributed by atoms with van der Waals surface area (Å²) >= 11 is 0. The van der Waals surface area contributed by atoms with Crippen LogP contribution in [0.4, 0.5) is 0 Å². The number of unbranched alkanes of at least 4 members (excludes halogenated alkanes) is 4. The predicted molar refractivity (Wildman–Crippen MR) is 150 cm³/mol. The predicted octanol–water partition coefficient (Wildman–Crippen LogP) is 8.19. The summed E-state index contributed by atoms with van der Waals surface area (Å²) in [6.07, 6.45) is 11.8. The average Bonchev–Trinajstić information content (AvgIpc) is 2.90. The highest BCUT2D eigenvalue weighted by Crippen LogP contribution is 2.32. The summed E-state index contributed by atoms with van der Waals surface area (Å²) < 4.78 is 6.02. The lowest BCUT2D eigenvalue weighted by Crippen LogP contribution is -2.54. The van der Waals surface area contributed by atoms with Crippen LogP contribution in [0.15, 0.2) is 54.6 Å². The van der Waals surface area contributed by atoms with E-state index in [9.17, 15) is 5.11 Å². The molecule has 0 unspecified atom stereocenters. The molecular weight excluding hydrogens is 430 g/mol. The monoisotopic (exact) mass is 481 g/mol. The van der Waals surface area contributed by atoms with E-state index in [1.165, 1.54) is 36.8 Å². The maximum absolute atomic E-state index is 12.2. The standard InChI is InChI=1S/C32H51NO2/c1-5-9-22-32(34,23-10-6-2)31(33(24-11-7-3)25-12-8-4)26-28-18-20-30(21-19-28)35-27-29-16-14-13-15-17-29/h13-21,31,34H,5-12,22-27H2,1-4H3/t31-/m0/s1. The number of aliphatic hydroxyl groups is 1. The maximum Gasteiger partial charge on any atom is 0.119 e. The Bertz CT molecular complexity index is 758. The van der Waals surface area contributed by atoms with Gasteiger partial charge in [0, 0.05) is 6.04 Å². The Balaban J connectivity index is 2.23. The van der Waals surface area contributed by atoms with Crippen molar-refractivity contribution in [3.8, 4) is 5.75 Å². The average molecular weight is 482 g/mol. The lowest BCUT2D eigenvalue weighted by Gasteiger charge is -2.44. The van der Waals surface area contributed by atoms with Crippen LogP contribution in [0, 0.1) is 0 Å². The SMILES string of the molecule is CCCCN(CCCC)[C@@H](Cc1ccc(OCc2ccccc2)cc1)C(O)(CCCC)CCCC. The van der Waals surface area contributed by atoms with Gasteiger partial charge in [-0.05, 0) is 68.5 Å². The minimum atomic E-state index is -0.643. The van der Waals surface area contributed by atoms with Crippen LogP contribution in [-0.2, 0) is 13.0 Å². The third kappa shape index (κ3) is 10.4. The fourth-order valence-corrected chi connectivity index (χ4v) is 4.91. The quantitative estimate of drug-likeness (QED) is 0.219. The van der Waals surface area contributed by atoms with Crippen molar-refractivity contribution in [2.45, 2.75) is 117 Å². The first-order valence-corrected chi connectivity index (χ1v) is 14.3. The summed E-state index contributed by atoms with van der Waals surface area (Å²) in [6, 6.07) is 19.0. The van der Waals surface area contributed by atoms with E-state index in [-0.39, 0.29) is 6.04 Å². The van der Waals surface area contributed by atoms with Crippen LogP contribution in [0.2, 0.25) is 0 Å². The van der Waals surface area contributed by atoms with E-state index in [0.717, 1.165) is 63.8 Å². The van der Waals surface area contributed by atoms with E-state index >= 15 is 0 Å². The normalized spacial score (nSPS) is 12.7. The van der Waals surface area contributed by atoms with Gasteiger partial charge in [0.15, 0.2) is 0 Å². The molecule has 2 aromatic carbocycles. The molecule has 3 heteroatoms. The molecule has 0 spiro atoms. The molecule has 0 bridgehead atoms. The molecule has 0 saturated carbocycles. The molecule has 0 aliphatic heterocycles. The number of rotatable bonds is 19. The first-order valence-electron chi connectivity index (χ1n) is 14.3. The third-order valence-corrected chi connectivity index (χ3v) is 7.19. The summed E-state index contributed by atoms with van der Waals surface area (Å²) in [4.78, 5) is 2.62. The minimum Gasteiger partial charge on any atom is -0.489 e. The van der Waals surface area contributed by atoms with Crippen molar-refractivity contribution in [3.05, 3.63) is 65.7 Å². The second kappa shape index (κ2) is 16.8. The molecule has 2 aromatic rings. The van der Waals surface area contributed by atoms with Crippen molar-refractivity contribution in [1.29, 1.82) is 0 Å². The van der Waals surface area contributed by atoms with E-state index in [2.05, 4.69) is 69.0 Å². The van der Waals surface area contributed by atoms with Gasteiger partial charge in [-0.25, -0.2) is 0 Å².